The van der Waals surface area contributed by atoms with E-state index in [4.69, 9.17) is 16.7 Å². The van der Waals surface area contributed by atoms with Gasteiger partial charge in [-0.2, -0.15) is 0 Å². The summed E-state index contributed by atoms with van der Waals surface area (Å²) in [7, 11) is 0. The van der Waals surface area contributed by atoms with E-state index in [0.717, 1.165) is 5.56 Å². The third kappa shape index (κ3) is 4.85. The van der Waals surface area contributed by atoms with E-state index in [1.807, 2.05) is 25.1 Å². The molecule has 20 heavy (non-hydrogen) atoms. The van der Waals surface area contributed by atoms with Crippen LogP contribution in [0.15, 0.2) is 24.3 Å². The van der Waals surface area contributed by atoms with Crippen LogP contribution in [0.25, 0.3) is 0 Å². The molecule has 1 unspecified atom stereocenters. The molecular formula is C15H20ClNO3. The van der Waals surface area contributed by atoms with Gasteiger partial charge in [0.05, 0.1) is 5.92 Å². The van der Waals surface area contributed by atoms with Gasteiger partial charge in [0, 0.05) is 24.5 Å². The highest BCUT2D eigenvalue weighted by Crippen LogP contribution is 2.17. The average Bonchev–Trinajstić information content (AvgIpc) is 2.43. The second kappa shape index (κ2) is 7.90. The number of carboxylic acid groups (broad SMARTS) is 1. The predicted molar refractivity (Wildman–Crippen MR) is 78.8 cm³/mol. The first-order valence-corrected chi connectivity index (χ1v) is 7.07. The Morgan fingerprint density at radius 2 is 2.00 bits per heavy atom. The van der Waals surface area contributed by atoms with E-state index in [-0.39, 0.29) is 12.5 Å². The predicted octanol–water partition coefficient (Wildman–Crippen LogP) is 2.84. The topological polar surface area (TPSA) is 57.6 Å². The maximum absolute atomic E-state index is 12.1. The third-order valence-electron chi connectivity index (χ3n) is 3.22. The molecule has 0 radical (unpaired) electrons. The van der Waals surface area contributed by atoms with Crippen LogP contribution in [0, 0.1) is 5.92 Å². The molecule has 1 N–H and O–H groups in total. The molecule has 1 aromatic rings. The molecule has 0 aliphatic heterocycles. The van der Waals surface area contributed by atoms with Gasteiger partial charge in [-0.05, 0) is 25.0 Å². The van der Waals surface area contributed by atoms with Gasteiger partial charge in [-0.1, -0.05) is 36.7 Å². The van der Waals surface area contributed by atoms with Crippen molar-refractivity contribution < 1.29 is 14.7 Å². The Morgan fingerprint density at radius 3 is 2.55 bits per heavy atom. The van der Waals surface area contributed by atoms with Crippen molar-refractivity contribution in [2.75, 3.05) is 13.1 Å². The minimum Gasteiger partial charge on any atom is -0.481 e. The number of benzene rings is 1. The molecule has 0 aromatic heterocycles. The summed E-state index contributed by atoms with van der Waals surface area (Å²) in [5, 5.41) is 9.55. The average molecular weight is 298 g/mol. The Balaban J connectivity index is 2.56. The van der Waals surface area contributed by atoms with Gasteiger partial charge in [-0.15, -0.1) is 0 Å². The van der Waals surface area contributed by atoms with E-state index in [0.29, 0.717) is 24.4 Å². The smallest absolute Gasteiger partial charge is 0.308 e. The van der Waals surface area contributed by atoms with Crippen molar-refractivity contribution in [3.63, 3.8) is 0 Å². The summed E-state index contributed by atoms with van der Waals surface area (Å²) in [5.41, 5.74) is 0.935. The van der Waals surface area contributed by atoms with Crippen LogP contribution in [0.2, 0.25) is 5.02 Å². The minimum atomic E-state index is -0.887. The lowest BCUT2D eigenvalue weighted by Crippen LogP contribution is -2.36. The van der Waals surface area contributed by atoms with Crippen LogP contribution in [0.4, 0.5) is 0 Å². The quantitative estimate of drug-likeness (QED) is 0.842. The highest BCUT2D eigenvalue weighted by Gasteiger charge is 2.19. The number of hydrogen-bond acceptors (Lipinski definition) is 2. The summed E-state index contributed by atoms with van der Waals surface area (Å²) in [6.07, 6.45) is 0.903. The largest absolute Gasteiger partial charge is 0.481 e. The zero-order valence-corrected chi connectivity index (χ0v) is 12.6. The molecule has 110 valence electrons. The Morgan fingerprint density at radius 1 is 1.35 bits per heavy atom. The summed E-state index contributed by atoms with van der Waals surface area (Å²) >= 11 is 6.04. The molecule has 1 aromatic carbocycles. The van der Waals surface area contributed by atoms with Crippen molar-refractivity contribution in [1.29, 1.82) is 0 Å². The number of aryl methyl sites for hydroxylation is 1. The molecule has 0 spiro atoms. The van der Waals surface area contributed by atoms with Crippen molar-refractivity contribution in [2.24, 2.45) is 5.92 Å². The number of nitrogens with zero attached hydrogens (tertiary/aromatic N) is 1. The second-order valence-corrected chi connectivity index (χ2v) is 5.17. The lowest BCUT2D eigenvalue weighted by atomic mass is 10.1. The van der Waals surface area contributed by atoms with E-state index < -0.39 is 11.9 Å². The van der Waals surface area contributed by atoms with E-state index in [1.54, 1.807) is 17.9 Å². The molecule has 0 aliphatic rings. The zero-order chi connectivity index (χ0) is 15.1. The number of carbonyl (C=O) groups is 2. The van der Waals surface area contributed by atoms with Crippen molar-refractivity contribution in [2.45, 2.75) is 26.7 Å². The molecule has 1 amide bonds. The molecule has 1 rings (SSSR count). The fourth-order valence-corrected chi connectivity index (χ4v) is 2.15. The molecule has 0 heterocycles. The lowest BCUT2D eigenvalue weighted by Gasteiger charge is -2.23. The summed E-state index contributed by atoms with van der Waals surface area (Å²) in [4.78, 5) is 24.5. The number of rotatable bonds is 7. The normalized spacial score (nSPS) is 11.9. The zero-order valence-electron chi connectivity index (χ0n) is 11.8. The Hall–Kier alpha value is -1.55. The number of carboxylic acids is 1. The Kier molecular flexibility index (Phi) is 6.52. The number of halogens is 1. The van der Waals surface area contributed by atoms with E-state index in [1.165, 1.54) is 0 Å². The van der Waals surface area contributed by atoms with Crippen LogP contribution >= 0.6 is 11.6 Å². The standard InChI is InChI=1S/C15H20ClNO3/c1-3-17(10-11(2)15(19)20)14(18)9-8-12-6-4-5-7-13(12)16/h4-7,11H,3,8-10H2,1-2H3,(H,19,20). The monoisotopic (exact) mass is 297 g/mol. The van der Waals surface area contributed by atoms with E-state index >= 15 is 0 Å². The summed E-state index contributed by atoms with van der Waals surface area (Å²) in [5.74, 6) is -1.48. The molecular weight excluding hydrogens is 278 g/mol. The SMILES string of the molecule is CCN(CC(C)C(=O)O)C(=O)CCc1ccccc1Cl. The first-order chi connectivity index (χ1) is 9.45. The summed E-state index contributed by atoms with van der Waals surface area (Å²) in [6, 6.07) is 7.42. The van der Waals surface area contributed by atoms with Crippen LogP contribution in [0.3, 0.4) is 0 Å². The van der Waals surface area contributed by atoms with Gasteiger partial charge in [-0.25, -0.2) is 0 Å². The van der Waals surface area contributed by atoms with Gasteiger partial charge in [0.25, 0.3) is 0 Å². The molecule has 0 saturated carbocycles. The molecule has 0 saturated heterocycles. The number of aliphatic carboxylic acids is 1. The highest BCUT2D eigenvalue weighted by molar-refractivity contribution is 6.31. The second-order valence-electron chi connectivity index (χ2n) is 4.76. The maximum Gasteiger partial charge on any atom is 0.308 e. The number of hydrogen-bond donors (Lipinski definition) is 1. The van der Waals surface area contributed by atoms with Crippen LogP contribution < -0.4 is 0 Å². The lowest BCUT2D eigenvalue weighted by molar-refractivity contribution is -0.143. The van der Waals surface area contributed by atoms with E-state index in [2.05, 4.69) is 0 Å². The Bertz CT molecular complexity index is 476. The molecule has 5 heteroatoms. The van der Waals surface area contributed by atoms with Crippen LogP contribution in [0.1, 0.15) is 25.8 Å². The van der Waals surface area contributed by atoms with Crippen molar-refractivity contribution in [3.8, 4) is 0 Å². The van der Waals surface area contributed by atoms with Gasteiger partial charge >= 0.3 is 5.97 Å². The van der Waals surface area contributed by atoms with Crippen LogP contribution in [-0.4, -0.2) is 35.0 Å². The van der Waals surface area contributed by atoms with Crippen LogP contribution in [-0.2, 0) is 16.0 Å². The molecule has 1 atom stereocenters. The van der Waals surface area contributed by atoms with Crippen LogP contribution in [0.5, 0.6) is 0 Å². The Labute approximate surface area is 124 Å². The van der Waals surface area contributed by atoms with Gasteiger partial charge < -0.3 is 10.0 Å². The van der Waals surface area contributed by atoms with Crippen molar-refractivity contribution >= 4 is 23.5 Å². The highest BCUT2D eigenvalue weighted by atomic mass is 35.5. The molecule has 0 fully saturated rings. The molecule has 0 bridgehead atoms. The first kappa shape index (κ1) is 16.5. The summed E-state index contributed by atoms with van der Waals surface area (Å²) < 4.78 is 0. The van der Waals surface area contributed by atoms with Gasteiger partial charge in [0.1, 0.15) is 0 Å². The third-order valence-corrected chi connectivity index (χ3v) is 3.59. The number of amides is 1. The van der Waals surface area contributed by atoms with Gasteiger partial charge in [0.2, 0.25) is 5.91 Å². The summed E-state index contributed by atoms with van der Waals surface area (Å²) in [6.45, 7) is 4.21. The first-order valence-electron chi connectivity index (χ1n) is 6.69. The van der Waals surface area contributed by atoms with Gasteiger partial charge in [0.15, 0.2) is 0 Å². The van der Waals surface area contributed by atoms with Crippen molar-refractivity contribution in [3.05, 3.63) is 34.9 Å². The molecule has 0 aliphatic carbocycles. The van der Waals surface area contributed by atoms with E-state index in [9.17, 15) is 9.59 Å². The van der Waals surface area contributed by atoms with Crippen molar-refractivity contribution in [1.82, 2.24) is 4.90 Å². The van der Waals surface area contributed by atoms with Gasteiger partial charge in [-0.3, -0.25) is 9.59 Å². The maximum atomic E-state index is 12.1. The molecule has 4 nitrogen and oxygen atoms in total. The fraction of sp³-hybridized carbons (Fsp3) is 0.467. The minimum absolute atomic E-state index is 0.0412. The number of carbonyl (C=O) groups excluding carboxylic acids is 1. The fourth-order valence-electron chi connectivity index (χ4n) is 1.92.